The summed E-state index contributed by atoms with van der Waals surface area (Å²) in [5.41, 5.74) is 1.29. The summed E-state index contributed by atoms with van der Waals surface area (Å²) >= 11 is 1.76. The van der Waals surface area contributed by atoms with E-state index < -0.39 is 0 Å². The molecule has 3 heteroatoms. The molecule has 1 saturated heterocycles. The van der Waals surface area contributed by atoms with Crippen molar-refractivity contribution in [2.24, 2.45) is 5.92 Å². The molecule has 0 spiro atoms. The third kappa shape index (κ3) is 3.24. The lowest BCUT2D eigenvalue weighted by atomic mass is 9.81. The van der Waals surface area contributed by atoms with Crippen molar-refractivity contribution >= 4 is 11.8 Å². The molecular formula is C14H21NOS. The van der Waals surface area contributed by atoms with Gasteiger partial charge in [-0.2, -0.15) is 0 Å². The number of thioether (sulfide) groups is 1. The van der Waals surface area contributed by atoms with Gasteiger partial charge in [0.1, 0.15) is 0 Å². The molecule has 0 bridgehead atoms. The van der Waals surface area contributed by atoms with Gasteiger partial charge in [-0.3, -0.25) is 0 Å². The second-order valence-corrected chi connectivity index (χ2v) is 5.53. The first-order valence-corrected chi connectivity index (χ1v) is 7.53. The zero-order chi connectivity index (χ0) is 12.1. The number of nitrogens with one attached hydrogen (secondary N) is 1. The first-order chi connectivity index (χ1) is 8.35. The van der Waals surface area contributed by atoms with Crippen molar-refractivity contribution in [1.82, 2.24) is 5.32 Å². The minimum atomic E-state index is 0.267. The van der Waals surface area contributed by atoms with Gasteiger partial charge in [0, 0.05) is 10.8 Å². The van der Waals surface area contributed by atoms with Gasteiger partial charge in [0.15, 0.2) is 0 Å². The Balaban J connectivity index is 2.10. The van der Waals surface area contributed by atoms with E-state index in [0.29, 0.717) is 11.8 Å². The van der Waals surface area contributed by atoms with Gasteiger partial charge in [0.05, 0.1) is 6.61 Å². The zero-order valence-corrected chi connectivity index (χ0v) is 11.2. The lowest BCUT2D eigenvalue weighted by Crippen LogP contribution is -2.32. The molecule has 2 N–H and O–H groups in total. The fourth-order valence-corrected chi connectivity index (χ4v) is 3.03. The van der Waals surface area contributed by atoms with E-state index in [-0.39, 0.29) is 6.61 Å². The predicted molar refractivity (Wildman–Crippen MR) is 73.6 cm³/mol. The van der Waals surface area contributed by atoms with E-state index in [1.165, 1.54) is 23.3 Å². The van der Waals surface area contributed by atoms with Crippen LogP contribution in [0.15, 0.2) is 29.2 Å². The summed E-state index contributed by atoms with van der Waals surface area (Å²) in [5, 5.41) is 13.0. The van der Waals surface area contributed by atoms with Gasteiger partial charge in [-0.1, -0.05) is 12.1 Å². The van der Waals surface area contributed by atoms with Crippen LogP contribution in [0.5, 0.6) is 0 Å². The van der Waals surface area contributed by atoms with Gasteiger partial charge in [-0.05, 0) is 55.8 Å². The fraction of sp³-hybridized carbons (Fsp3) is 0.571. The summed E-state index contributed by atoms with van der Waals surface area (Å²) in [6, 6.07) is 8.66. The Morgan fingerprint density at radius 1 is 1.29 bits per heavy atom. The van der Waals surface area contributed by atoms with Crippen LogP contribution in [0.2, 0.25) is 0 Å². The lowest BCUT2D eigenvalue weighted by molar-refractivity contribution is 0.201. The summed E-state index contributed by atoms with van der Waals surface area (Å²) in [6.07, 6.45) is 4.44. The zero-order valence-electron chi connectivity index (χ0n) is 10.4. The number of rotatable bonds is 4. The minimum absolute atomic E-state index is 0.267. The fourth-order valence-electron chi connectivity index (χ4n) is 2.62. The molecule has 1 atom stereocenters. The lowest BCUT2D eigenvalue weighted by Gasteiger charge is -2.30. The number of benzene rings is 1. The molecule has 0 amide bonds. The van der Waals surface area contributed by atoms with Crippen molar-refractivity contribution in [1.29, 1.82) is 0 Å². The van der Waals surface area contributed by atoms with Crippen molar-refractivity contribution < 1.29 is 5.11 Å². The Morgan fingerprint density at radius 3 is 2.47 bits per heavy atom. The monoisotopic (exact) mass is 251 g/mol. The van der Waals surface area contributed by atoms with Crippen LogP contribution in [0.25, 0.3) is 0 Å². The van der Waals surface area contributed by atoms with Crippen LogP contribution in [0.4, 0.5) is 0 Å². The molecule has 1 heterocycles. The molecular weight excluding hydrogens is 230 g/mol. The molecule has 0 aromatic heterocycles. The second-order valence-electron chi connectivity index (χ2n) is 4.65. The maximum absolute atomic E-state index is 9.63. The largest absolute Gasteiger partial charge is 0.396 e. The average Bonchev–Trinajstić information content (AvgIpc) is 2.42. The van der Waals surface area contributed by atoms with Crippen LogP contribution < -0.4 is 5.32 Å². The van der Waals surface area contributed by atoms with Crippen LogP contribution in [0, 0.1) is 5.92 Å². The summed E-state index contributed by atoms with van der Waals surface area (Å²) in [5.74, 6) is 0.939. The van der Waals surface area contributed by atoms with E-state index in [0.717, 1.165) is 13.1 Å². The minimum Gasteiger partial charge on any atom is -0.396 e. The smallest absolute Gasteiger partial charge is 0.0502 e. The number of hydrogen-bond donors (Lipinski definition) is 2. The van der Waals surface area contributed by atoms with Gasteiger partial charge in [-0.15, -0.1) is 11.8 Å². The Bertz CT molecular complexity index is 333. The molecule has 0 saturated carbocycles. The maximum Gasteiger partial charge on any atom is 0.0502 e. The highest BCUT2D eigenvalue weighted by Gasteiger charge is 2.24. The van der Waals surface area contributed by atoms with E-state index >= 15 is 0 Å². The van der Waals surface area contributed by atoms with Gasteiger partial charge in [0.2, 0.25) is 0 Å². The molecule has 2 rings (SSSR count). The molecule has 0 radical (unpaired) electrons. The van der Waals surface area contributed by atoms with Gasteiger partial charge < -0.3 is 10.4 Å². The van der Waals surface area contributed by atoms with E-state index in [2.05, 4.69) is 35.8 Å². The van der Waals surface area contributed by atoms with E-state index in [1.54, 1.807) is 11.8 Å². The highest BCUT2D eigenvalue weighted by atomic mass is 32.2. The third-order valence-corrected chi connectivity index (χ3v) is 4.44. The molecule has 2 nitrogen and oxygen atoms in total. The van der Waals surface area contributed by atoms with Crippen molar-refractivity contribution in [3.63, 3.8) is 0 Å². The molecule has 1 aliphatic rings. The van der Waals surface area contributed by atoms with Crippen LogP contribution >= 0.6 is 11.8 Å². The van der Waals surface area contributed by atoms with Crippen LogP contribution in [-0.4, -0.2) is 31.1 Å². The van der Waals surface area contributed by atoms with E-state index in [4.69, 9.17) is 0 Å². The van der Waals surface area contributed by atoms with Crippen LogP contribution in [0.1, 0.15) is 24.3 Å². The molecule has 1 aliphatic heterocycles. The Labute approximate surface area is 108 Å². The number of piperidine rings is 1. The summed E-state index contributed by atoms with van der Waals surface area (Å²) < 4.78 is 0. The molecule has 1 fully saturated rings. The number of aliphatic hydroxyl groups is 1. The van der Waals surface area contributed by atoms with Crippen LogP contribution in [0.3, 0.4) is 0 Å². The average molecular weight is 251 g/mol. The number of hydrogen-bond acceptors (Lipinski definition) is 3. The Morgan fingerprint density at radius 2 is 1.94 bits per heavy atom. The molecule has 17 heavy (non-hydrogen) atoms. The van der Waals surface area contributed by atoms with Crippen molar-refractivity contribution in [3.8, 4) is 0 Å². The SMILES string of the molecule is CSc1ccc(C(CO)C2CCNCC2)cc1. The molecule has 94 valence electrons. The first kappa shape index (κ1) is 12.9. The Hall–Kier alpha value is -0.510. The maximum atomic E-state index is 9.63. The Kier molecular flexibility index (Phi) is 4.89. The topological polar surface area (TPSA) is 32.3 Å². The third-order valence-electron chi connectivity index (χ3n) is 3.69. The summed E-state index contributed by atoms with van der Waals surface area (Å²) in [7, 11) is 0. The predicted octanol–water partition coefficient (Wildman–Crippen LogP) is 2.48. The first-order valence-electron chi connectivity index (χ1n) is 6.30. The van der Waals surface area contributed by atoms with Crippen molar-refractivity contribution in [2.75, 3.05) is 26.0 Å². The van der Waals surface area contributed by atoms with Crippen molar-refractivity contribution in [2.45, 2.75) is 23.7 Å². The van der Waals surface area contributed by atoms with Gasteiger partial charge in [-0.25, -0.2) is 0 Å². The van der Waals surface area contributed by atoms with Crippen molar-refractivity contribution in [3.05, 3.63) is 29.8 Å². The molecule has 0 aliphatic carbocycles. The quantitative estimate of drug-likeness (QED) is 0.806. The summed E-state index contributed by atoms with van der Waals surface area (Å²) in [4.78, 5) is 1.29. The normalized spacial score (nSPS) is 19.2. The van der Waals surface area contributed by atoms with Gasteiger partial charge >= 0.3 is 0 Å². The van der Waals surface area contributed by atoms with E-state index in [9.17, 15) is 5.11 Å². The standard InChI is InChI=1S/C14H21NOS/c1-17-13-4-2-11(3-5-13)14(10-16)12-6-8-15-9-7-12/h2-5,12,14-16H,6-10H2,1H3. The molecule has 1 aromatic carbocycles. The highest BCUT2D eigenvalue weighted by Crippen LogP contribution is 2.31. The molecule has 1 unspecified atom stereocenters. The molecule has 1 aromatic rings. The number of aliphatic hydroxyl groups excluding tert-OH is 1. The van der Waals surface area contributed by atoms with E-state index in [1.807, 2.05) is 0 Å². The van der Waals surface area contributed by atoms with Crippen LogP contribution in [-0.2, 0) is 0 Å². The highest BCUT2D eigenvalue weighted by molar-refractivity contribution is 7.98. The van der Waals surface area contributed by atoms with Gasteiger partial charge in [0.25, 0.3) is 0 Å². The summed E-state index contributed by atoms with van der Waals surface area (Å²) in [6.45, 7) is 2.44. The second kappa shape index (κ2) is 6.43.